The van der Waals surface area contributed by atoms with Gasteiger partial charge in [-0.2, -0.15) is 0 Å². The van der Waals surface area contributed by atoms with Crippen LogP contribution < -0.4 is 10.6 Å². The minimum Gasteiger partial charge on any atom is -0.469 e. The van der Waals surface area contributed by atoms with Crippen molar-refractivity contribution in [2.24, 2.45) is 0 Å². The van der Waals surface area contributed by atoms with Gasteiger partial charge in [0.05, 0.1) is 6.26 Å². The Bertz CT molecular complexity index is 625. The van der Waals surface area contributed by atoms with E-state index in [1.807, 2.05) is 31.2 Å². The van der Waals surface area contributed by atoms with Crippen LogP contribution in [0.2, 0.25) is 5.02 Å². The highest BCUT2D eigenvalue weighted by atomic mass is 35.5. The van der Waals surface area contributed by atoms with E-state index in [0.717, 1.165) is 23.4 Å². The molecule has 2 aromatic rings. The van der Waals surface area contributed by atoms with Gasteiger partial charge < -0.3 is 9.73 Å². The fourth-order valence-electron chi connectivity index (χ4n) is 2.47. The molecule has 20 heavy (non-hydrogen) atoms. The number of halogens is 1. The third kappa shape index (κ3) is 2.57. The number of fused-ring (bicyclic) bond motifs is 1. The normalized spacial score (nSPS) is 18.7. The summed E-state index contributed by atoms with van der Waals surface area (Å²) in [6.07, 6.45) is 2.38. The largest absolute Gasteiger partial charge is 0.469 e. The summed E-state index contributed by atoms with van der Waals surface area (Å²) >= 11 is 6.01. The first-order valence-electron chi connectivity index (χ1n) is 6.52. The van der Waals surface area contributed by atoms with E-state index in [0.29, 0.717) is 5.02 Å². The highest BCUT2D eigenvalue weighted by Crippen LogP contribution is 2.33. The van der Waals surface area contributed by atoms with Gasteiger partial charge in [-0.1, -0.05) is 11.6 Å². The SMILES string of the molecule is CC(Cc1ccco1)NC1C(=O)Nc2ccc(Cl)cc21. The highest BCUT2D eigenvalue weighted by Gasteiger charge is 2.31. The Balaban J connectivity index is 1.74. The Hall–Kier alpha value is -1.78. The van der Waals surface area contributed by atoms with Crippen molar-refractivity contribution in [1.29, 1.82) is 0 Å². The number of anilines is 1. The molecule has 1 aliphatic rings. The van der Waals surface area contributed by atoms with Crippen LogP contribution >= 0.6 is 11.6 Å². The summed E-state index contributed by atoms with van der Waals surface area (Å²) in [5.74, 6) is 0.850. The lowest BCUT2D eigenvalue weighted by atomic mass is 10.1. The Morgan fingerprint density at radius 3 is 3.05 bits per heavy atom. The van der Waals surface area contributed by atoms with E-state index in [1.165, 1.54) is 0 Å². The molecule has 104 valence electrons. The molecule has 0 bridgehead atoms. The van der Waals surface area contributed by atoms with Crippen LogP contribution in [0, 0.1) is 0 Å². The van der Waals surface area contributed by atoms with Crippen molar-refractivity contribution in [3.05, 3.63) is 52.9 Å². The molecule has 0 fully saturated rings. The lowest BCUT2D eigenvalue weighted by Crippen LogP contribution is -2.35. The third-order valence-electron chi connectivity index (χ3n) is 3.38. The van der Waals surface area contributed by atoms with Crippen molar-refractivity contribution < 1.29 is 9.21 Å². The second kappa shape index (κ2) is 5.31. The monoisotopic (exact) mass is 290 g/mol. The molecule has 0 saturated carbocycles. The van der Waals surface area contributed by atoms with Crippen molar-refractivity contribution in [2.75, 3.05) is 5.32 Å². The van der Waals surface area contributed by atoms with Crippen molar-refractivity contribution in [1.82, 2.24) is 5.32 Å². The smallest absolute Gasteiger partial charge is 0.246 e. The van der Waals surface area contributed by atoms with Crippen LogP contribution in [0.3, 0.4) is 0 Å². The topological polar surface area (TPSA) is 54.3 Å². The Morgan fingerprint density at radius 1 is 1.45 bits per heavy atom. The average molecular weight is 291 g/mol. The van der Waals surface area contributed by atoms with E-state index in [2.05, 4.69) is 10.6 Å². The van der Waals surface area contributed by atoms with Crippen LogP contribution in [0.5, 0.6) is 0 Å². The minimum absolute atomic E-state index is 0.0476. The first kappa shape index (κ1) is 13.2. The molecule has 5 heteroatoms. The van der Waals surface area contributed by atoms with Crippen molar-refractivity contribution in [2.45, 2.75) is 25.4 Å². The Labute approximate surface area is 122 Å². The van der Waals surface area contributed by atoms with Gasteiger partial charge in [0, 0.05) is 28.7 Å². The lowest BCUT2D eigenvalue weighted by molar-refractivity contribution is -0.117. The van der Waals surface area contributed by atoms with Gasteiger partial charge in [-0.05, 0) is 37.3 Å². The number of nitrogens with one attached hydrogen (secondary N) is 2. The van der Waals surface area contributed by atoms with Crippen molar-refractivity contribution >= 4 is 23.2 Å². The molecule has 2 atom stereocenters. The first-order valence-corrected chi connectivity index (χ1v) is 6.90. The van der Waals surface area contributed by atoms with Gasteiger partial charge in [0.1, 0.15) is 11.8 Å². The van der Waals surface area contributed by atoms with Gasteiger partial charge in [0.15, 0.2) is 0 Å². The number of hydrogen-bond donors (Lipinski definition) is 2. The molecule has 3 rings (SSSR count). The predicted octanol–water partition coefficient (Wildman–Crippen LogP) is 3.15. The van der Waals surface area contributed by atoms with Crippen LogP contribution in [0.1, 0.15) is 24.3 Å². The molecule has 1 aliphatic heterocycles. The summed E-state index contributed by atoms with van der Waals surface area (Å²) in [4.78, 5) is 12.0. The molecule has 0 radical (unpaired) electrons. The van der Waals surface area contributed by atoms with Crippen LogP contribution in [0.25, 0.3) is 0 Å². The number of carbonyl (C=O) groups excluding carboxylic acids is 1. The lowest BCUT2D eigenvalue weighted by Gasteiger charge is -2.17. The molecular weight excluding hydrogens is 276 g/mol. The van der Waals surface area contributed by atoms with Crippen LogP contribution in [0.4, 0.5) is 5.69 Å². The van der Waals surface area contributed by atoms with E-state index >= 15 is 0 Å². The fourth-order valence-corrected chi connectivity index (χ4v) is 2.65. The number of carbonyl (C=O) groups is 1. The van der Waals surface area contributed by atoms with Gasteiger partial charge in [-0.15, -0.1) is 0 Å². The van der Waals surface area contributed by atoms with E-state index in [-0.39, 0.29) is 18.0 Å². The molecule has 4 nitrogen and oxygen atoms in total. The molecule has 1 amide bonds. The van der Waals surface area contributed by atoms with Gasteiger partial charge >= 0.3 is 0 Å². The standard InChI is InChI=1S/C15H15ClN2O2/c1-9(7-11-3-2-6-20-11)17-14-12-8-10(16)4-5-13(12)18-15(14)19/h2-6,8-9,14,17H,7H2,1H3,(H,18,19). The zero-order chi connectivity index (χ0) is 14.1. The summed E-state index contributed by atoms with van der Waals surface area (Å²) in [6, 6.07) is 8.96. The Morgan fingerprint density at radius 2 is 2.30 bits per heavy atom. The fraction of sp³-hybridized carbons (Fsp3) is 0.267. The van der Waals surface area contributed by atoms with E-state index in [4.69, 9.17) is 16.0 Å². The number of benzene rings is 1. The zero-order valence-electron chi connectivity index (χ0n) is 11.0. The quantitative estimate of drug-likeness (QED) is 0.909. The average Bonchev–Trinajstić information content (AvgIpc) is 3.00. The van der Waals surface area contributed by atoms with Crippen LogP contribution in [0.15, 0.2) is 41.0 Å². The molecule has 0 aliphatic carbocycles. The summed E-state index contributed by atoms with van der Waals surface area (Å²) in [5.41, 5.74) is 1.72. The molecule has 1 aromatic heterocycles. The van der Waals surface area contributed by atoms with Crippen LogP contribution in [-0.2, 0) is 11.2 Å². The maximum Gasteiger partial charge on any atom is 0.246 e. The van der Waals surface area contributed by atoms with Crippen molar-refractivity contribution in [3.8, 4) is 0 Å². The maximum atomic E-state index is 12.0. The molecule has 2 heterocycles. The second-order valence-electron chi connectivity index (χ2n) is 5.01. The van der Waals surface area contributed by atoms with Gasteiger partial charge in [0.25, 0.3) is 0 Å². The number of rotatable bonds is 4. The minimum atomic E-state index is -0.367. The third-order valence-corrected chi connectivity index (χ3v) is 3.62. The van der Waals surface area contributed by atoms with Gasteiger partial charge in [-0.25, -0.2) is 0 Å². The summed E-state index contributed by atoms with van der Waals surface area (Å²) in [5, 5.41) is 6.81. The Kier molecular flexibility index (Phi) is 3.51. The van der Waals surface area contributed by atoms with E-state index in [9.17, 15) is 4.79 Å². The second-order valence-corrected chi connectivity index (χ2v) is 5.44. The highest BCUT2D eigenvalue weighted by molar-refractivity contribution is 6.31. The first-order chi connectivity index (χ1) is 9.63. The molecule has 2 unspecified atom stereocenters. The molecular formula is C15H15ClN2O2. The number of amides is 1. The van der Waals surface area contributed by atoms with E-state index in [1.54, 1.807) is 12.3 Å². The number of hydrogen-bond acceptors (Lipinski definition) is 3. The van der Waals surface area contributed by atoms with Gasteiger partial charge in [-0.3, -0.25) is 10.1 Å². The molecule has 2 N–H and O–H groups in total. The molecule has 0 spiro atoms. The predicted molar refractivity (Wildman–Crippen MR) is 77.8 cm³/mol. The van der Waals surface area contributed by atoms with Crippen LogP contribution in [-0.4, -0.2) is 11.9 Å². The summed E-state index contributed by atoms with van der Waals surface area (Å²) in [6.45, 7) is 2.03. The maximum absolute atomic E-state index is 12.0. The number of furan rings is 1. The molecule has 0 saturated heterocycles. The van der Waals surface area contributed by atoms with Gasteiger partial charge in [0.2, 0.25) is 5.91 Å². The summed E-state index contributed by atoms with van der Waals surface area (Å²) in [7, 11) is 0. The molecule has 1 aromatic carbocycles. The van der Waals surface area contributed by atoms with E-state index < -0.39 is 0 Å². The van der Waals surface area contributed by atoms with Crippen molar-refractivity contribution in [3.63, 3.8) is 0 Å². The summed E-state index contributed by atoms with van der Waals surface area (Å²) < 4.78 is 5.32. The zero-order valence-corrected chi connectivity index (χ0v) is 11.8.